The molecular weight excluding hydrogens is 354 g/mol. The number of aromatic nitrogens is 4. The number of methoxy groups -OCH3 is 1. The van der Waals surface area contributed by atoms with Gasteiger partial charge in [-0.25, -0.2) is 0 Å². The number of nitrogens with zero attached hydrogens (tertiary/aromatic N) is 4. The van der Waals surface area contributed by atoms with Crippen LogP contribution >= 0.6 is 0 Å². The van der Waals surface area contributed by atoms with Crippen molar-refractivity contribution in [3.8, 4) is 17.0 Å². The van der Waals surface area contributed by atoms with Crippen LogP contribution in [0.5, 0.6) is 5.75 Å². The van der Waals surface area contributed by atoms with E-state index in [0.29, 0.717) is 5.65 Å². The van der Waals surface area contributed by atoms with E-state index in [2.05, 4.69) is 20.6 Å². The van der Waals surface area contributed by atoms with Crippen molar-refractivity contribution in [3.05, 3.63) is 72.1 Å². The lowest BCUT2D eigenvalue weighted by atomic mass is 10.1. The smallest absolute Gasteiger partial charge is 0.228 e. The van der Waals surface area contributed by atoms with Crippen molar-refractivity contribution in [1.82, 2.24) is 19.8 Å². The number of benzene rings is 2. The summed E-state index contributed by atoms with van der Waals surface area (Å²) < 4.78 is 6.90. The summed E-state index contributed by atoms with van der Waals surface area (Å²) in [5, 5.41) is 15.5. The molecule has 0 aliphatic heterocycles. The third kappa shape index (κ3) is 3.68. The Hall–Kier alpha value is -3.74. The number of aryl methyl sites for hydroxylation is 1. The highest BCUT2D eigenvalue weighted by Gasteiger charge is 2.08. The van der Waals surface area contributed by atoms with Gasteiger partial charge in [0.1, 0.15) is 5.75 Å². The maximum absolute atomic E-state index is 12.3. The molecule has 4 rings (SSSR count). The quantitative estimate of drug-likeness (QED) is 0.581. The molecule has 0 bridgehead atoms. The fourth-order valence-electron chi connectivity index (χ4n) is 2.95. The molecule has 0 aliphatic rings. The number of rotatable bonds is 5. The minimum absolute atomic E-state index is 0.0827. The zero-order chi connectivity index (χ0) is 19.5. The number of hydrogen-bond donors (Lipinski definition) is 1. The molecule has 0 aliphatic carbocycles. The molecule has 0 unspecified atom stereocenters. The highest BCUT2D eigenvalue weighted by Crippen LogP contribution is 2.20. The summed E-state index contributed by atoms with van der Waals surface area (Å²) in [6, 6.07) is 18.9. The maximum atomic E-state index is 12.3. The van der Waals surface area contributed by atoms with E-state index in [1.165, 1.54) is 0 Å². The molecule has 2 aromatic heterocycles. The molecule has 2 heterocycles. The number of carbonyl (C=O) groups is 1. The highest BCUT2D eigenvalue weighted by atomic mass is 16.5. The van der Waals surface area contributed by atoms with E-state index >= 15 is 0 Å². The van der Waals surface area contributed by atoms with Crippen LogP contribution in [0.4, 0.5) is 5.69 Å². The van der Waals surface area contributed by atoms with Gasteiger partial charge in [0.05, 0.1) is 19.2 Å². The normalized spacial score (nSPS) is 10.8. The summed E-state index contributed by atoms with van der Waals surface area (Å²) in [4.78, 5) is 12.3. The molecular formula is C21H19N5O2. The summed E-state index contributed by atoms with van der Waals surface area (Å²) in [7, 11) is 1.61. The SMILES string of the molecule is COc1cccc(CC(=O)Nc2ccc(-c3ccc4nnc(C)n4n3)cc2)c1. The third-order valence-electron chi connectivity index (χ3n) is 4.38. The number of ether oxygens (including phenoxy) is 1. The Bertz CT molecular complexity index is 1140. The fourth-order valence-corrected chi connectivity index (χ4v) is 2.95. The Morgan fingerprint density at radius 2 is 1.89 bits per heavy atom. The second kappa shape index (κ2) is 7.48. The Morgan fingerprint density at radius 3 is 2.68 bits per heavy atom. The molecule has 1 N–H and O–H groups in total. The van der Waals surface area contributed by atoms with Gasteiger partial charge in [-0.3, -0.25) is 4.79 Å². The molecule has 1 amide bonds. The van der Waals surface area contributed by atoms with Crippen LogP contribution < -0.4 is 10.1 Å². The summed E-state index contributed by atoms with van der Waals surface area (Å²) in [6.07, 6.45) is 0.282. The molecule has 4 aromatic rings. The number of carbonyl (C=O) groups excluding carboxylic acids is 1. The minimum Gasteiger partial charge on any atom is -0.497 e. The molecule has 7 heteroatoms. The van der Waals surface area contributed by atoms with Gasteiger partial charge in [-0.1, -0.05) is 24.3 Å². The van der Waals surface area contributed by atoms with Crippen LogP contribution in [0, 0.1) is 6.92 Å². The van der Waals surface area contributed by atoms with Crippen LogP contribution in [0.15, 0.2) is 60.7 Å². The molecule has 0 saturated carbocycles. The zero-order valence-electron chi connectivity index (χ0n) is 15.6. The van der Waals surface area contributed by atoms with Gasteiger partial charge < -0.3 is 10.1 Å². The number of anilines is 1. The van der Waals surface area contributed by atoms with Gasteiger partial charge in [0.25, 0.3) is 0 Å². The van der Waals surface area contributed by atoms with Crippen molar-refractivity contribution in [1.29, 1.82) is 0 Å². The number of amides is 1. The van der Waals surface area contributed by atoms with Gasteiger partial charge >= 0.3 is 0 Å². The number of fused-ring (bicyclic) bond motifs is 1. The predicted octanol–water partition coefficient (Wildman–Crippen LogP) is 3.29. The van der Waals surface area contributed by atoms with Crippen molar-refractivity contribution < 1.29 is 9.53 Å². The Labute approximate surface area is 162 Å². The molecule has 0 saturated heterocycles. The van der Waals surface area contributed by atoms with Gasteiger partial charge in [0.15, 0.2) is 11.5 Å². The lowest BCUT2D eigenvalue weighted by Crippen LogP contribution is -2.14. The van der Waals surface area contributed by atoms with E-state index in [0.717, 1.165) is 34.1 Å². The predicted molar refractivity (Wildman–Crippen MR) is 106 cm³/mol. The summed E-state index contributed by atoms with van der Waals surface area (Å²) in [5.41, 5.74) is 4.10. The highest BCUT2D eigenvalue weighted by molar-refractivity contribution is 5.92. The first-order valence-electron chi connectivity index (χ1n) is 8.85. The molecule has 2 aromatic carbocycles. The summed E-state index contributed by atoms with van der Waals surface area (Å²) in [6.45, 7) is 1.86. The van der Waals surface area contributed by atoms with E-state index in [9.17, 15) is 4.79 Å². The third-order valence-corrected chi connectivity index (χ3v) is 4.38. The Kier molecular flexibility index (Phi) is 4.72. The molecule has 140 valence electrons. The average Bonchev–Trinajstić information content (AvgIpc) is 3.09. The first kappa shape index (κ1) is 17.7. The zero-order valence-corrected chi connectivity index (χ0v) is 15.6. The van der Waals surface area contributed by atoms with Gasteiger partial charge in [-0.15, -0.1) is 10.2 Å². The first-order valence-corrected chi connectivity index (χ1v) is 8.85. The van der Waals surface area contributed by atoms with E-state index in [-0.39, 0.29) is 12.3 Å². The van der Waals surface area contributed by atoms with Gasteiger partial charge in [-0.05, 0) is 48.9 Å². The molecule has 7 nitrogen and oxygen atoms in total. The first-order chi connectivity index (χ1) is 13.6. The molecule has 28 heavy (non-hydrogen) atoms. The molecule has 0 radical (unpaired) electrons. The minimum atomic E-state index is -0.0827. The molecule has 0 atom stereocenters. The van der Waals surface area contributed by atoms with Crippen molar-refractivity contribution in [2.75, 3.05) is 12.4 Å². The van der Waals surface area contributed by atoms with E-state index in [1.54, 1.807) is 11.6 Å². The van der Waals surface area contributed by atoms with Crippen LogP contribution in [0.25, 0.3) is 16.9 Å². The van der Waals surface area contributed by atoms with Gasteiger partial charge in [-0.2, -0.15) is 9.61 Å². The van der Waals surface area contributed by atoms with Crippen molar-refractivity contribution in [2.45, 2.75) is 13.3 Å². The van der Waals surface area contributed by atoms with Crippen molar-refractivity contribution >= 4 is 17.2 Å². The number of hydrogen-bond acceptors (Lipinski definition) is 5. The van der Waals surface area contributed by atoms with Crippen molar-refractivity contribution in [2.24, 2.45) is 0 Å². The lowest BCUT2D eigenvalue weighted by molar-refractivity contribution is -0.115. The average molecular weight is 373 g/mol. The van der Waals surface area contributed by atoms with Gasteiger partial charge in [0.2, 0.25) is 5.91 Å². The summed E-state index contributed by atoms with van der Waals surface area (Å²) >= 11 is 0. The Balaban J connectivity index is 1.46. The van der Waals surface area contributed by atoms with Crippen LogP contribution in [-0.4, -0.2) is 32.8 Å². The molecule has 0 fully saturated rings. The summed E-state index contributed by atoms with van der Waals surface area (Å²) in [5.74, 6) is 1.39. The van der Waals surface area contributed by atoms with Gasteiger partial charge in [0, 0.05) is 11.3 Å². The number of nitrogens with one attached hydrogen (secondary N) is 1. The second-order valence-electron chi connectivity index (χ2n) is 6.39. The van der Waals surface area contributed by atoms with Crippen LogP contribution in [0.3, 0.4) is 0 Å². The standard InChI is InChI=1S/C21H19N5O2/c1-14-23-24-20-11-10-19(25-26(14)20)16-6-8-17(9-7-16)22-21(27)13-15-4-3-5-18(12-15)28-2/h3-12H,13H2,1-2H3,(H,22,27). The van der Waals surface area contributed by atoms with E-state index < -0.39 is 0 Å². The lowest BCUT2D eigenvalue weighted by Gasteiger charge is -2.08. The van der Waals surface area contributed by atoms with Crippen LogP contribution in [0.1, 0.15) is 11.4 Å². The Morgan fingerprint density at radius 1 is 1.07 bits per heavy atom. The fraction of sp³-hybridized carbons (Fsp3) is 0.143. The van der Waals surface area contributed by atoms with E-state index in [1.807, 2.05) is 67.6 Å². The molecule has 0 spiro atoms. The second-order valence-corrected chi connectivity index (χ2v) is 6.39. The maximum Gasteiger partial charge on any atom is 0.228 e. The van der Waals surface area contributed by atoms with Crippen molar-refractivity contribution in [3.63, 3.8) is 0 Å². The van der Waals surface area contributed by atoms with Crippen LogP contribution in [-0.2, 0) is 11.2 Å². The topological polar surface area (TPSA) is 81.4 Å². The largest absolute Gasteiger partial charge is 0.497 e. The monoisotopic (exact) mass is 373 g/mol. The van der Waals surface area contributed by atoms with E-state index in [4.69, 9.17) is 4.74 Å². The van der Waals surface area contributed by atoms with Crippen LogP contribution in [0.2, 0.25) is 0 Å².